The molecule has 3 rings (SSSR count). The van der Waals surface area contributed by atoms with E-state index in [0.29, 0.717) is 33.7 Å². The van der Waals surface area contributed by atoms with Crippen LogP contribution in [0.2, 0.25) is 15.1 Å². The van der Waals surface area contributed by atoms with Gasteiger partial charge >= 0.3 is 0 Å². The minimum absolute atomic E-state index is 0.188. The van der Waals surface area contributed by atoms with Gasteiger partial charge in [-0.2, -0.15) is 0 Å². The van der Waals surface area contributed by atoms with E-state index >= 15 is 0 Å². The highest BCUT2D eigenvalue weighted by Crippen LogP contribution is 2.27. The fourth-order valence-corrected chi connectivity index (χ4v) is 3.85. The first-order chi connectivity index (χ1) is 12.5. The first-order valence-electron chi connectivity index (χ1n) is 7.93. The van der Waals surface area contributed by atoms with Crippen molar-refractivity contribution in [3.63, 3.8) is 0 Å². The average Bonchev–Trinajstić information content (AvgIpc) is 3.09. The van der Waals surface area contributed by atoms with E-state index in [1.54, 1.807) is 23.6 Å². The average molecular weight is 426 g/mol. The quantitative estimate of drug-likeness (QED) is 0.553. The summed E-state index contributed by atoms with van der Waals surface area (Å²) < 4.78 is 0. The van der Waals surface area contributed by atoms with Crippen molar-refractivity contribution in [2.75, 3.05) is 6.54 Å². The molecule has 0 atom stereocenters. The van der Waals surface area contributed by atoms with Gasteiger partial charge in [0.25, 0.3) is 5.91 Å². The topological polar surface area (TPSA) is 42.0 Å². The van der Waals surface area contributed by atoms with Crippen molar-refractivity contribution in [3.05, 3.63) is 84.7 Å². The van der Waals surface area contributed by atoms with Crippen LogP contribution in [0.4, 0.5) is 0 Å². The second-order valence-electron chi connectivity index (χ2n) is 5.64. The van der Waals surface area contributed by atoms with Crippen molar-refractivity contribution in [2.45, 2.75) is 12.8 Å². The lowest BCUT2D eigenvalue weighted by Gasteiger charge is -2.05. The number of benzene rings is 2. The highest BCUT2D eigenvalue weighted by atomic mass is 35.5. The summed E-state index contributed by atoms with van der Waals surface area (Å²) in [6.07, 6.45) is 1.23. The zero-order chi connectivity index (χ0) is 18.5. The number of halogens is 3. The first kappa shape index (κ1) is 19.2. The zero-order valence-electron chi connectivity index (χ0n) is 13.6. The molecule has 1 heterocycles. The second-order valence-corrected chi connectivity index (χ2v) is 7.83. The Morgan fingerprint density at radius 1 is 1.04 bits per heavy atom. The van der Waals surface area contributed by atoms with E-state index in [4.69, 9.17) is 34.8 Å². The Hall–Kier alpha value is -1.59. The number of amides is 1. The Balaban J connectivity index is 1.57. The van der Waals surface area contributed by atoms with E-state index in [-0.39, 0.29) is 5.91 Å². The van der Waals surface area contributed by atoms with Gasteiger partial charge in [0.1, 0.15) is 5.69 Å². The predicted octanol–water partition coefficient (Wildman–Crippen LogP) is 5.67. The molecule has 3 aromatic rings. The molecule has 0 aliphatic carbocycles. The molecule has 1 amide bonds. The highest BCUT2D eigenvalue weighted by molar-refractivity contribution is 7.09. The van der Waals surface area contributed by atoms with Crippen LogP contribution in [-0.4, -0.2) is 17.4 Å². The molecule has 1 aromatic heterocycles. The summed E-state index contributed by atoms with van der Waals surface area (Å²) in [4.78, 5) is 16.6. The SMILES string of the molecule is O=C(NCCc1ccc(Cl)cc1)c1csc(Cc2c(Cl)cccc2Cl)n1. The van der Waals surface area contributed by atoms with Gasteiger partial charge < -0.3 is 5.32 Å². The lowest BCUT2D eigenvalue weighted by Crippen LogP contribution is -2.26. The van der Waals surface area contributed by atoms with Crippen LogP contribution in [0.3, 0.4) is 0 Å². The summed E-state index contributed by atoms with van der Waals surface area (Å²) in [6, 6.07) is 13.0. The van der Waals surface area contributed by atoms with E-state index in [2.05, 4.69) is 10.3 Å². The summed E-state index contributed by atoms with van der Waals surface area (Å²) in [6.45, 7) is 0.531. The molecule has 0 fully saturated rings. The van der Waals surface area contributed by atoms with Crippen LogP contribution >= 0.6 is 46.1 Å². The van der Waals surface area contributed by atoms with Crippen molar-refractivity contribution in [1.82, 2.24) is 10.3 Å². The Morgan fingerprint density at radius 3 is 2.42 bits per heavy atom. The lowest BCUT2D eigenvalue weighted by atomic mass is 10.1. The van der Waals surface area contributed by atoms with Crippen molar-refractivity contribution >= 4 is 52.0 Å². The number of carbonyl (C=O) groups is 1. The summed E-state index contributed by atoms with van der Waals surface area (Å²) >= 11 is 19.7. The fraction of sp³-hybridized carbons (Fsp3) is 0.158. The molecule has 0 bridgehead atoms. The first-order valence-corrected chi connectivity index (χ1v) is 9.94. The maximum atomic E-state index is 12.2. The van der Waals surface area contributed by atoms with Crippen LogP contribution in [0.1, 0.15) is 26.6 Å². The molecule has 26 heavy (non-hydrogen) atoms. The van der Waals surface area contributed by atoms with Gasteiger partial charge in [-0.05, 0) is 41.8 Å². The van der Waals surface area contributed by atoms with Crippen molar-refractivity contribution in [2.24, 2.45) is 0 Å². The van der Waals surface area contributed by atoms with Crippen LogP contribution in [0.15, 0.2) is 47.8 Å². The Labute approximate surface area is 170 Å². The van der Waals surface area contributed by atoms with E-state index in [0.717, 1.165) is 22.6 Å². The van der Waals surface area contributed by atoms with Crippen LogP contribution < -0.4 is 5.32 Å². The molecule has 0 aliphatic heterocycles. The number of aromatic nitrogens is 1. The molecule has 0 saturated carbocycles. The number of nitrogens with one attached hydrogen (secondary N) is 1. The number of carbonyl (C=O) groups excluding carboxylic acids is 1. The predicted molar refractivity (Wildman–Crippen MR) is 109 cm³/mol. The molecule has 0 saturated heterocycles. The third-order valence-electron chi connectivity index (χ3n) is 3.79. The fourth-order valence-electron chi connectivity index (χ4n) is 2.41. The summed E-state index contributed by atoms with van der Waals surface area (Å²) in [5.41, 5.74) is 2.34. The molecule has 7 heteroatoms. The number of rotatable bonds is 6. The van der Waals surface area contributed by atoms with Gasteiger partial charge in [0.2, 0.25) is 0 Å². The number of nitrogens with zero attached hydrogens (tertiary/aromatic N) is 1. The van der Waals surface area contributed by atoms with Gasteiger partial charge in [-0.1, -0.05) is 53.0 Å². The number of hydrogen-bond donors (Lipinski definition) is 1. The van der Waals surface area contributed by atoms with Crippen LogP contribution in [0, 0.1) is 0 Å². The zero-order valence-corrected chi connectivity index (χ0v) is 16.7. The largest absolute Gasteiger partial charge is 0.350 e. The molecule has 0 spiro atoms. The van der Waals surface area contributed by atoms with Crippen LogP contribution in [-0.2, 0) is 12.8 Å². The molecule has 3 nitrogen and oxygen atoms in total. The van der Waals surface area contributed by atoms with Crippen molar-refractivity contribution in [1.29, 1.82) is 0 Å². The molecule has 0 unspecified atom stereocenters. The summed E-state index contributed by atoms with van der Waals surface area (Å²) in [7, 11) is 0. The van der Waals surface area contributed by atoms with E-state index < -0.39 is 0 Å². The minimum atomic E-state index is -0.188. The van der Waals surface area contributed by atoms with Gasteiger partial charge in [0, 0.05) is 33.4 Å². The van der Waals surface area contributed by atoms with Gasteiger partial charge in [-0.3, -0.25) is 4.79 Å². The summed E-state index contributed by atoms with van der Waals surface area (Å²) in [5, 5.41) is 7.32. The molecule has 0 radical (unpaired) electrons. The third kappa shape index (κ3) is 4.98. The molecule has 1 N–H and O–H groups in total. The minimum Gasteiger partial charge on any atom is -0.350 e. The van der Waals surface area contributed by atoms with E-state index in [1.165, 1.54) is 11.3 Å². The monoisotopic (exact) mass is 424 g/mol. The Morgan fingerprint density at radius 2 is 1.73 bits per heavy atom. The molecule has 2 aromatic carbocycles. The Bertz CT molecular complexity index is 889. The highest BCUT2D eigenvalue weighted by Gasteiger charge is 2.13. The summed E-state index contributed by atoms with van der Waals surface area (Å²) in [5.74, 6) is -0.188. The number of hydrogen-bond acceptors (Lipinski definition) is 3. The van der Waals surface area contributed by atoms with Crippen molar-refractivity contribution < 1.29 is 4.79 Å². The normalized spacial score (nSPS) is 10.7. The molecule has 134 valence electrons. The van der Waals surface area contributed by atoms with Crippen molar-refractivity contribution in [3.8, 4) is 0 Å². The maximum absolute atomic E-state index is 12.2. The van der Waals surface area contributed by atoms with Crippen LogP contribution in [0.5, 0.6) is 0 Å². The molecular weight excluding hydrogens is 411 g/mol. The van der Waals surface area contributed by atoms with Gasteiger partial charge in [-0.25, -0.2) is 4.98 Å². The molecular formula is C19H15Cl3N2OS. The van der Waals surface area contributed by atoms with Gasteiger partial charge in [0.05, 0.1) is 5.01 Å². The van der Waals surface area contributed by atoms with E-state index in [1.807, 2.05) is 24.3 Å². The van der Waals surface area contributed by atoms with Gasteiger partial charge in [0.15, 0.2) is 0 Å². The smallest absolute Gasteiger partial charge is 0.270 e. The van der Waals surface area contributed by atoms with Crippen LogP contribution in [0.25, 0.3) is 0 Å². The second kappa shape index (κ2) is 8.87. The molecule has 0 aliphatic rings. The lowest BCUT2D eigenvalue weighted by molar-refractivity contribution is 0.0949. The Kier molecular flexibility index (Phi) is 6.54. The maximum Gasteiger partial charge on any atom is 0.270 e. The number of thiazole rings is 1. The standard InChI is InChI=1S/C19H15Cl3N2OS/c20-13-6-4-12(5-7-13)8-9-23-19(25)17-11-26-18(24-17)10-14-15(21)2-1-3-16(14)22/h1-7,11H,8-10H2,(H,23,25). The van der Waals surface area contributed by atoms with Gasteiger partial charge in [-0.15, -0.1) is 11.3 Å². The van der Waals surface area contributed by atoms with E-state index in [9.17, 15) is 4.79 Å². The third-order valence-corrected chi connectivity index (χ3v) is 5.60.